The van der Waals surface area contributed by atoms with Gasteiger partial charge in [0.05, 0.1) is 13.6 Å². The maximum Gasteiger partial charge on any atom is 0.240 e. The van der Waals surface area contributed by atoms with Crippen LogP contribution < -0.4 is 16.4 Å². The molecule has 2 aliphatic heterocycles. The Kier molecular flexibility index (Phi) is 3.33. The summed E-state index contributed by atoms with van der Waals surface area (Å²) in [5.74, 6) is 0.660. The Labute approximate surface area is 108 Å². The van der Waals surface area contributed by atoms with E-state index >= 15 is 0 Å². The Balaban J connectivity index is 2.29. The molecule has 5 nitrogen and oxygen atoms in total. The third-order valence-electron chi connectivity index (χ3n) is 3.87. The zero-order chi connectivity index (χ0) is 13.5. The van der Waals surface area contributed by atoms with E-state index in [9.17, 15) is 4.39 Å². The van der Waals surface area contributed by atoms with E-state index in [1.54, 1.807) is 0 Å². The molecule has 2 heterocycles. The summed E-state index contributed by atoms with van der Waals surface area (Å²) in [4.78, 5) is 2.12. The van der Waals surface area contributed by atoms with Gasteiger partial charge in [-0.3, -0.25) is 16.4 Å². The molecular formula is C12H23FN5+. The molecular weight excluding hydrogens is 233 g/mol. The molecule has 0 aliphatic carbocycles. The Bertz CT molecular complexity index is 401. The summed E-state index contributed by atoms with van der Waals surface area (Å²) in [5.41, 5.74) is 6.45. The first kappa shape index (κ1) is 13.3. The van der Waals surface area contributed by atoms with Crippen LogP contribution in [0.2, 0.25) is 0 Å². The van der Waals surface area contributed by atoms with Crippen LogP contribution in [0.4, 0.5) is 4.39 Å². The fraction of sp³-hybridized carbons (Fsp3) is 0.750. The van der Waals surface area contributed by atoms with E-state index < -0.39 is 6.17 Å². The van der Waals surface area contributed by atoms with E-state index in [1.165, 1.54) is 0 Å². The fourth-order valence-electron chi connectivity index (χ4n) is 2.36. The van der Waals surface area contributed by atoms with Crippen molar-refractivity contribution in [3.05, 3.63) is 11.8 Å². The van der Waals surface area contributed by atoms with Gasteiger partial charge < -0.3 is 4.90 Å². The lowest BCUT2D eigenvalue weighted by molar-refractivity contribution is -0.536. The van der Waals surface area contributed by atoms with E-state index in [0.717, 1.165) is 12.1 Å². The highest BCUT2D eigenvalue weighted by atomic mass is 19.1. The predicted octanol–water partition coefficient (Wildman–Crippen LogP) is -0.592. The van der Waals surface area contributed by atoms with E-state index in [0.29, 0.717) is 12.4 Å². The van der Waals surface area contributed by atoms with Crippen molar-refractivity contribution in [3.8, 4) is 0 Å². The number of halogens is 1. The number of nitrogens with one attached hydrogen (secondary N) is 2. The number of rotatable bonds is 3. The van der Waals surface area contributed by atoms with Crippen molar-refractivity contribution < 1.29 is 8.97 Å². The van der Waals surface area contributed by atoms with E-state index in [-0.39, 0.29) is 11.8 Å². The van der Waals surface area contributed by atoms with Crippen molar-refractivity contribution in [2.75, 3.05) is 27.2 Å². The van der Waals surface area contributed by atoms with Crippen LogP contribution >= 0.6 is 0 Å². The molecule has 3 atom stereocenters. The molecule has 0 aromatic rings. The topological polar surface area (TPSA) is 56.1 Å². The van der Waals surface area contributed by atoms with Crippen LogP contribution in [0.3, 0.4) is 0 Å². The van der Waals surface area contributed by atoms with E-state index in [2.05, 4.69) is 22.5 Å². The summed E-state index contributed by atoms with van der Waals surface area (Å²) in [7, 11) is 3.68. The zero-order valence-electron chi connectivity index (χ0n) is 11.5. The monoisotopic (exact) mass is 256 g/mol. The molecule has 2 aliphatic rings. The molecule has 0 amide bonds. The van der Waals surface area contributed by atoms with Crippen LogP contribution in [0.25, 0.3) is 0 Å². The largest absolute Gasteiger partial charge is 0.354 e. The van der Waals surface area contributed by atoms with Gasteiger partial charge in [0.2, 0.25) is 5.84 Å². The van der Waals surface area contributed by atoms with E-state index in [4.69, 9.17) is 5.73 Å². The molecule has 0 radical (unpaired) electrons. The number of fused-ring (bicyclic) bond motifs is 1. The third kappa shape index (κ3) is 2.22. The molecule has 4 N–H and O–H groups in total. The molecule has 0 bridgehead atoms. The normalized spacial score (nSPS) is 34.2. The smallest absolute Gasteiger partial charge is 0.240 e. The van der Waals surface area contributed by atoms with Crippen molar-refractivity contribution in [1.82, 2.24) is 15.5 Å². The number of hydrogen-bond acceptors (Lipinski definition) is 3. The number of alkyl halides is 1. The van der Waals surface area contributed by atoms with Crippen molar-refractivity contribution >= 4 is 5.84 Å². The van der Waals surface area contributed by atoms with Crippen molar-refractivity contribution in [2.45, 2.75) is 31.8 Å². The van der Waals surface area contributed by atoms with Gasteiger partial charge in [0.15, 0.2) is 6.17 Å². The second-order valence-electron chi connectivity index (χ2n) is 5.32. The SMILES string of the molecule is CN[C@H](C1=CN2C[C@@]2(C)NC[C@H]1F)[N+](C)=C(C)N. The first-order chi connectivity index (χ1) is 8.39. The molecule has 2 rings (SSSR count). The molecule has 102 valence electrons. The number of nitrogens with two attached hydrogens (primary N) is 1. The van der Waals surface area contributed by atoms with Gasteiger partial charge in [-0.25, -0.2) is 8.97 Å². The molecule has 0 aromatic carbocycles. The second-order valence-corrected chi connectivity index (χ2v) is 5.32. The minimum absolute atomic E-state index is 0.0651. The number of likely N-dealkylation sites (N-methyl/N-ethyl adjacent to an activating group) is 2. The van der Waals surface area contributed by atoms with Gasteiger partial charge in [-0.2, -0.15) is 0 Å². The summed E-state index contributed by atoms with van der Waals surface area (Å²) in [6.07, 6.45) is 0.703. The predicted molar refractivity (Wildman–Crippen MR) is 70.0 cm³/mol. The van der Waals surface area contributed by atoms with Crippen LogP contribution in [-0.4, -0.2) is 60.5 Å². The highest BCUT2D eigenvalue weighted by Crippen LogP contribution is 2.33. The molecule has 0 unspecified atom stereocenters. The number of hydrogen-bond donors (Lipinski definition) is 3. The second kappa shape index (κ2) is 4.51. The lowest BCUT2D eigenvalue weighted by Gasteiger charge is -2.22. The molecule has 6 heteroatoms. The lowest BCUT2D eigenvalue weighted by atomic mass is 10.1. The van der Waals surface area contributed by atoms with Crippen molar-refractivity contribution in [3.63, 3.8) is 0 Å². The minimum Gasteiger partial charge on any atom is -0.354 e. The van der Waals surface area contributed by atoms with Gasteiger partial charge in [0, 0.05) is 25.2 Å². The number of nitrogens with zero attached hydrogens (tertiary/aromatic N) is 2. The lowest BCUT2D eigenvalue weighted by Crippen LogP contribution is -2.45. The van der Waals surface area contributed by atoms with Gasteiger partial charge in [0.25, 0.3) is 0 Å². The molecule has 1 saturated heterocycles. The van der Waals surface area contributed by atoms with Crippen LogP contribution in [0.1, 0.15) is 13.8 Å². The summed E-state index contributed by atoms with van der Waals surface area (Å²) < 4.78 is 16.1. The quantitative estimate of drug-likeness (QED) is 0.208. The minimum atomic E-state index is -1.01. The molecule has 0 saturated carbocycles. The molecule has 1 fully saturated rings. The van der Waals surface area contributed by atoms with Gasteiger partial charge in [-0.05, 0) is 14.0 Å². The van der Waals surface area contributed by atoms with Crippen LogP contribution in [0.15, 0.2) is 11.8 Å². The Morgan fingerprint density at radius 2 is 2.44 bits per heavy atom. The first-order valence-corrected chi connectivity index (χ1v) is 6.25. The Morgan fingerprint density at radius 1 is 1.78 bits per heavy atom. The summed E-state index contributed by atoms with van der Waals surface area (Å²) >= 11 is 0. The summed E-state index contributed by atoms with van der Waals surface area (Å²) in [6.45, 7) is 5.16. The van der Waals surface area contributed by atoms with Crippen LogP contribution in [0, 0.1) is 0 Å². The molecule has 18 heavy (non-hydrogen) atoms. The highest BCUT2D eigenvalue weighted by Gasteiger charge is 2.49. The maximum atomic E-state index is 14.3. The van der Waals surface area contributed by atoms with Crippen molar-refractivity contribution in [2.24, 2.45) is 5.73 Å². The first-order valence-electron chi connectivity index (χ1n) is 6.25. The average molecular weight is 256 g/mol. The van der Waals surface area contributed by atoms with Gasteiger partial charge >= 0.3 is 0 Å². The zero-order valence-corrected chi connectivity index (χ0v) is 11.5. The summed E-state index contributed by atoms with van der Waals surface area (Å²) in [6, 6.07) is 0. The van der Waals surface area contributed by atoms with Crippen LogP contribution in [-0.2, 0) is 0 Å². The van der Waals surface area contributed by atoms with Crippen molar-refractivity contribution in [1.29, 1.82) is 0 Å². The maximum absolute atomic E-state index is 14.3. The fourth-order valence-corrected chi connectivity index (χ4v) is 2.36. The average Bonchev–Trinajstić information content (AvgIpc) is 2.97. The standard InChI is InChI=1S/C12H22FN5/c1-8(14)17(4)11(15-3)9-6-18-7-12(18,2)16-5-10(9)13/h6,10-11,14-16H,5,7H2,1-4H3/p+1/t10-,11+,12+,18?/m1/s1. The highest BCUT2D eigenvalue weighted by molar-refractivity contribution is 5.72. The van der Waals surface area contributed by atoms with Crippen LogP contribution in [0.5, 0.6) is 0 Å². The summed E-state index contributed by atoms with van der Waals surface area (Å²) in [5, 5.41) is 6.36. The Hall–Kier alpha value is -1.14. The van der Waals surface area contributed by atoms with E-state index in [1.807, 2.05) is 31.8 Å². The molecule has 0 aromatic heterocycles. The third-order valence-corrected chi connectivity index (χ3v) is 3.87. The van der Waals surface area contributed by atoms with Gasteiger partial charge in [0.1, 0.15) is 11.8 Å². The van der Waals surface area contributed by atoms with Gasteiger partial charge in [-0.15, -0.1) is 0 Å². The Morgan fingerprint density at radius 3 is 3.00 bits per heavy atom. The van der Waals surface area contributed by atoms with Gasteiger partial charge in [-0.1, -0.05) is 0 Å². The molecule has 0 spiro atoms. The number of amidine groups is 1.